The molecule has 1 heterocycles. The average Bonchev–Trinajstić information content (AvgIpc) is 3.04. The molecule has 126 valence electrons. The van der Waals surface area contributed by atoms with E-state index in [1.807, 2.05) is 42.1 Å². The molecule has 0 aliphatic carbocycles. The first-order valence-electron chi connectivity index (χ1n) is 7.79. The van der Waals surface area contributed by atoms with Crippen LogP contribution in [0.15, 0.2) is 71.5 Å². The third-order valence-corrected chi connectivity index (χ3v) is 4.47. The zero-order chi connectivity index (χ0) is 17.6. The second-order valence-corrected chi connectivity index (χ2v) is 6.34. The minimum absolute atomic E-state index is 0.0496. The molecule has 3 rings (SSSR count). The number of aromatic nitrogens is 2. The van der Waals surface area contributed by atoms with Crippen LogP contribution >= 0.6 is 15.9 Å². The maximum Gasteiger partial charge on any atom is 0.185 e. The van der Waals surface area contributed by atoms with Crippen molar-refractivity contribution in [1.82, 2.24) is 9.55 Å². The van der Waals surface area contributed by atoms with E-state index in [1.165, 1.54) is 0 Å². The molecular weight excluding hydrogens is 380 g/mol. The zero-order valence-corrected chi connectivity index (χ0v) is 15.3. The Hall–Kier alpha value is -2.66. The molecule has 25 heavy (non-hydrogen) atoms. The molecule has 0 unspecified atom stereocenters. The predicted molar refractivity (Wildman–Crippen MR) is 101 cm³/mol. The Morgan fingerprint density at radius 1 is 1.20 bits per heavy atom. The highest BCUT2D eigenvalue weighted by molar-refractivity contribution is 9.10. The number of halogens is 1. The zero-order valence-electron chi connectivity index (χ0n) is 13.7. The summed E-state index contributed by atoms with van der Waals surface area (Å²) in [6.07, 6.45) is 6.98. The van der Waals surface area contributed by atoms with E-state index in [1.54, 1.807) is 42.6 Å². The number of imidazole rings is 1. The molecule has 0 bridgehead atoms. The second kappa shape index (κ2) is 7.94. The van der Waals surface area contributed by atoms with Gasteiger partial charge in [-0.25, -0.2) is 4.98 Å². The van der Waals surface area contributed by atoms with Crippen molar-refractivity contribution >= 4 is 27.8 Å². The lowest BCUT2D eigenvalue weighted by molar-refractivity contribution is 0.104. The van der Waals surface area contributed by atoms with Crippen LogP contribution in [0.1, 0.15) is 21.7 Å². The van der Waals surface area contributed by atoms with E-state index in [0.717, 1.165) is 15.9 Å². The molecule has 2 aromatic carbocycles. The van der Waals surface area contributed by atoms with E-state index in [9.17, 15) is 4.79 Å². The molecular formula is C20H17BrN2O2. The molecule has 0 radical (unpaired) electrons. The van der Waals surface area contributed by atoms with Crippen molar-refractivity contribution in [3.63, 3.8) is 0 Å². The number of hydrogen-bond acceptors (Lipinski definition) is 3. The highest BCUT2D eigenvalue weighted by Gasteiger charge is 2.04. The van der Waals surface area contributed by atoms with Crippen LogP contribution in [-0.2, 0) is 13.7 Å². The smallest absolute Gasteiger partial charge is 0.185 e. The van der Waals surface area contributed by atoms with Gasteiger partial charge in [0, 0.05) is 29.5 Å². The summed E-state index contributed by atoms with van der Waals surface area (Å²) in [5.41, 5.74) is 1.58. The Kier molecular flexibility index (Phi) is 5.46. The van der Waals surface area contributed by atoms with Crippen molar-refractivity contribution in [2.45, 2.75) is 6.61 Å². The van der Waals surface area contributed by atoms with E-state index >= 15 is 0 Å². The molecule has 0 aliphatic heterocycles. The van der Waals surface area contributed by atoms with Gasteiger partial charge in [0.25, 0.3) is 0 Å². The third kappa shape index (κ3) is 4.45. The van der Waals surface area contributed by atoms with Crippen molar-refractivity contribution in [3.8, 4) is 5.75 Å². The quantitative estimate of drug-likeness (QED) is 0.449. The van der Waals surface area contributed by atoms with Crippen molar-refractivity contribution in [2.75, 3.05) is 0 Å². The van der Waals surface area contributed by atoms with Crippen molar-refractivity contribution in [1.29, 1.82) is 0 Å². The SMILES string of the molecule is Cn1ccnc1COc1ccc(C(=O)/C=C/c2ccccc2Br)cc1. The normalized spacial score (nSPS) is 11.0. The fourth-order valence-electron chi connectivity index (χ4n) is 2.27. The van der Waals surface area contributed by atoms with Gasteiger partial charge in [0.15, 0.2) is 5.78 Å². The van der Waals surface area contributed by atoms with Crippen molar-refractivity contribution in [2.24, 2.45) is 7.05 Å². The standard InChI is InChI=1S/C20H17BrN2O2/c1-23-13-12-22-20(23)14-25-17-9-6-16(7-10-17)19(24)11-8-15-4-2-3-5-18(15)21/h2-13H,14H2,1H3/b11-8+. The van der Waals surface area contributed by atoms with Gasteiger partial charge in [-0.3, -0.25) is 4.79 Å². The lowest BCUT2D eigenvalue weighted by Gasteiger charge is -2.06. The van der Waals surface area contributed by atoms with Gasteiger partial charge in [0.05, 0.1) is 0 Å². The van der Waals surface area contributed by atoms with Gasteiger partial charge < -0.3 is 9.30 Å². The first-order valence-corrected chi connectivity index (χ1v) is 8.59. The summed E-state index contributed by atoms with van der Waals surface area (Å²) in [5.74, 6) is 1.50. The summed E-state index contributed by atoms with van der Waals surface area (Å²) in [4.78, 5) is 16.5. The molecule has 0 aliphatic rings. The fraction of sp³-hybridized carbons (Fsp3) is 0.100. The molecule has 0 N–H and O–H groups in total. The van der Waals surface area contributed by atoms with E-state index < -0.39 is 0 Å². The summed E-state index contributed by atoms with van der Waals surface area (Å²) in [6, 6.07) is 14.9. The number of ketones is 1. The maximum absolute atomic E-state index is 12.3. The van der Waals surface area contributed by atoms with Crippen LogP contribution in [0.5, 0.6) is 5.75 Å². The number of nitrogens with zero attached hydrogens (tertiary/aromatic N) is 2. The second-order valence-electron chi connectivity index (χ2n) is 5.49. The van der Waals surface area contributed by atoms with Crippen LogP contribution in [0.2, 0.25) is 0 Å². The van der Waals surface area contributed by atoms with Crippen LogP contribution < -0.4 is 4.74 Å². The Balaban J connectivity index is 1.62. The average molecular weight is 397 g/mol. The van der Waals surface area contributed by atoms with Gasteiger partial charge in [0.1, 0.15) is 18.2 Å². The Labute approximate surface area is 154 Å². The number of ether oxygens (including phenoxy) is 1. The molecule has 0 amide bonds. The first kappa shape index (κ1) is 17.2. The number of aryl methyl sites for hydroxylation is 1. The maximum atomic E-state index is 12.3. The lowest BCUT2D eigenvalue weighted by Crippen LogP contribution is -2.03. The highest BCUT2D eigenvalue weighted by Crippen LogP contribution is 2.18. The molecule has 0 spiro atoms. The van der Waals surface area contributed by atoms with Gasteiger partial charge in [-0.1, -0.05) is 34.1 Å². The van der Waals surface area contributed by atoms with Gasteiger partial charge >= 0.3 is 0 Å². The summed E-state index contributed by atoms with van der Waals surface area (Å²) in [7, 11) is 1.92. The van der Waals surface area contributed by atoms with Crippen LogP contribution in [0.3, 0.4) is 0 Å². The van der Waals surface area contributed by atoms with Gasteiger partial charge in [0.2, 0.25) is 0 Å². The van der Waals surface area contributed by atoms with E-state index in [2.05, 4.69) is 20.9 Å². The molecule has 4 nitrogen and oxygen atoms in total. The van der Waals surface area contributed by atoms with Gasteiger partial charge in [-0.15, -0.1) is 0 Å². The van der Waals surface area contributed by atoms with Gasteiger partial charge in [-0.2, -0.15) is 0 Å². The topological polar surface area (TPSA) is 44.1 Å². The Morgan fingerprint density at radius 3 is 2.64 bits per heavy atom. The first-order chi connectivity index (χ1) is 12.1. The van der Waals surface area contributed by atoms with E-state index in [0.29, 0.717) is 17.9 Å². The van der Waals surface area contributed by atoms with E-state index in [4.69, 9.17) is 4.74 Å². The molecule has 1 aromatic heterocycles. The van der Waals surface area contributed by atoms with E-state index in [-0.39, 0.29) is 5.78 Å². The summed E-state index contributed by atoms with van der Waals surface area (Å²) in [5, 5.41) is 0. The van der Waals surface area contributed by atoms with Crippen molar-refractivity contribution < 1.29 is 9.53 Å². The third-order valence-electron chi connectivity index (χ3n) is 3.75. The number of hydrogen-bond donors (Lipinski definition) is 0. The molecule has 0 atom stereocenters. The van der Waals surface area contributed by atoms with Crippen LogP contribution in [-0.4, -0.2) is 15.3 Å². The summed E-state index contributed by atoms with van der Waals surface area (Å²) >= 11 is 3.46. The predicted octanol–water partition coefficient (Wildman–Crippen LogP) is 4.66. The van der Waals surface area contributed by atoms with Crippen molar-refractivity contribution in [3.05, 3.63) is 88.4 Å². The monoisotopic (exact) mass is 396 g/mol. The van der Waals surface area contributed by atoms with Crippen LogP contribution in [0.4, 0.5) is 0 Å². The largest absolute Gasteiger partial charge is 0.486 e. The summed E-state index contributed by atoms with van der Waals surface area (Å²) in [6.45, 7) is 0.388. The molecule has 3 aromatic rings. The van der Waals surface area contributed by atoms with Crippen LogP contribution in [0.25, 0.3) is 6.08 Å². The number of rotatable bonds is 6. The molecule has 0 saturated heterocycles. The Bertz CT molecular complexity index is 898. The number of allylic oxidation sites excluding steroid dienone is 1. The number of carbonyl (C=O) groups is 1. The Morgan fingerprint density at radius 2 is 1.96 bits per heavy atom. The lowest BCUT2D eigenvalue weighted by atomic mass is 10.1. The van der Waals surface area contributed by atoms with Crippen LogP contribution in [0, 0.1) is 0 Å². The molecule has 5 heteroatoms. The minimum Gasteiger partial charge on any atom is -0.486 e. The fourth-order valence-corrected chi connectivity index (χ4v) is 2.69. The minimum atomic E-state index is -0.0496. The molecule has 0 saturated carbocycles. The summed E-state index contributed by atoms with van der Waals surface area (Å²) < 4.78 is 8.55. The van der Waals surface area contributed by atoms with Gasteiger partial charge in [-0.05, 0) is 48.0 Å². The molecule has 0 fully saturated rings. The number of carbonyl (C=O) groups excluding carboxylic acids is 1. The highest BCUT2D eigenvalue weighted by atomic mass is 79.9. The number of benzene rings is 2.